The van der Waals surface area contributed by atoms with E-state index < -0.39 is 0 Å². The molecule has 2 aromatic rings. The second-order valence-corrected chi connectivity index (χ2v) is 6.88. The summed E-state index contributed by atoms with van der Waals surface area (Å²) in [5, 5.41) is 19.0. The van der Waals surface area contributed by atoms with Crippen molar-refractivity contribution in [3.8, 4) is 5.75 Å². The zero-order valence-corrected chi connectivity index (χ0v) is 15.2. The fourth-order valence-electron chi connectivity index (χ4n) is 3.36. The van der Waals surface area contributed by atoms with Crippen molar-refractivity contribution >= 4 is 6.03 Å². The SMILES string of the molecule is CCC(Cc1ccccc1)NC(=O)NCC1Cc2ccc(O)cc2CN1. The van der Waals surface area contributed by atoms with E-state index in [0.29, 0.717) is 18.8 Å². The van der Waals surface area contributed by atoms with Crippen LogP contribution >= 0.6 is 0 Å². The molecule has 0 aromatic heterocycles. The summed E-state index contributed by atoms with van der Waals surface area (Å²) in [6, 6.07) is 15.9. The van der Waals surface area contributed by atoms with Crippen LogP contribution in [0.4, 0.5) is 4.79 Å². The highest BCUT2D eigenvalue weighted by atomic mass is 16.3. The molecule has 0 spiro atoms. The molecule has 2 unspecified atom stereocenters. The van der Waals surface area contributed by atoms with Crippen LogP contribution in [0, 0.1) is 0 Å². The fraction of sp³-hybridized carbons (Fsp3) is 0.381. The first-order valence-electron chi connectivity index (χ1n) is 9.26. The Balaban J connectivity index is 1.45. The minimum Gasteiger partial charge on any atom is -0.508 e. The molecule has 4 N–H and O–H groups in total. The molecule has 1 aliphatic rings. The van der Waals surface area contributed by atoms with Gasteiger partial charge in [-0.25, -0.2) is 4.79 Å². The van der Waals surface area contributed by atoms with Crippen LogP contribution in [0.15, 0.2) is 48.5 Å². The van der Waals surface area contributed by atoms with Crippen molar-refractivity contribution in [1.82, 2.24) is 16.0 Å². The first kappa shape index (κ1) is 18.3. The fourth-order valence-corrected chi connectivity index (χ4v) is 3.36. The molecule has 26 heavy (non-hydrogen) atoms. The van der Waals surface area contributed by atoms with Gasteiger partial charge < -0.3 is 21.1 Å². The maximum atomic E-state index is 12.3. The van der Waals surface area contributed by atoms with E-state index in [1.54, 1.807) is 12.1 Å². The van der Waals surface area contributed by atoms with E-state index in [-0.39, 0.29) is 18.1 Å². The molecular formula is C21H27N3O2. The number of carbonyl (C=O) groups excluding carboxylic acids is 1. The number of phenols is 1. The molecule has 0 fully saturated rings. The smallest absolute Gasteiger partial charge is 0.315 e. The summed E-state index contributed by atoms with van der Waals surface area (Å²) in [7, 11) is 0. The molecule has 0 saturated heterocycles. The Morgan fingerprint density at radius 1 is 1.23 bits per heavy atom. The molecule has 0 bridgehead atoms. The Kier molecular flexibility index (Phi) is 6.12. The lowest BCUT2D eigenvalue weighted by atomic mass is 9.95. The van der Waals surface area contributed by atoms with E-state index in [9.17, 15) is 9.90 Å². The predicted molar refractivity (Wildman–Crippen MR) is 103 cm³/mol. The Labute approximate surface area is 154 Å². The van der Waals surface area contributed by atoms with Gasteiger partial charge in [0.1, 0.15) is 5.75 Å². The van der Waals surface area contributed by atoms with Gasteiger partial charge in [0.05, 0.1) is 0 Å². The number of hydrogen-bond acceptors (Lipinski definition) is 3. The summed E-state index contributed by atoms with van der Waals surface area (Å²) < 4.78 is 0. The number of urea groups is 1. The first-order valence-corrected chi connectivity index (χ1v) is 9.26. The highest BCUT2D eigenvalue weighted by Crippen LogP contribution is 2.21. The zero-order chi connectivity index (χ0) is 18.4. The van der Waals surface area contributed by atoms with Crippen LogP contribution in [0.3, 0.4) is 0 Å². The number of phenolic OH excluding ortho intramolecular Hbond substituents is 1. The molecule has 138 valence electrons. The van der Waals surface area contributed by atoms with Crippen molar-refractivity contribution in [3.05, 3.63) is 65.2 Å². The van der Waals surface area contributed by atoms with Crippen LogP contribution in [-0.4, -0.2) is 29.8 Å². The van der Waals surface area contributed by atoms with Crippen molar-refractivity contribution in [2.75, 3.05) is 6.54 Å². The third-order valence-electron chi connectivity index (χ3n) is 4.90. The Hall–Kier alpha value is -2.53. The minimum absolute atomic E-state index is 0.119. The van der Waals surface area contributed by atoms with Gasteiger partial charge in [-0.2, -0.15) is 0 Å². The van der Waals surface area contributed by atoms with Gasteiger partial charge in [0, 0.05) is 25.2 Å². The van der Waals surface area contributed by atoms with Crippen molar-refractivity contribution < 1.29 is 9.90 Å². The zero-order valence-electron chi connectivity index (χ0n) is 15.2. The van der Waals surface area contributed by atoms with Crippen molar-refractivity contribution in [2.24, 2.45) is 0 Å². The molecule has 5 heteroatoms. The quantitative estimate of drug-likeness (QED) is 0.645. The van der Waals surface area contributed by atoms with E-state index in [2.05, 4.69) is 35.0 Å². The number of benzene rings is 2. The third kappa shape index (κ3) is 4.99. The van der Waals surface area contributed by atoms with Gasteiger partial charge in [0.2, 0.25) is 0 Å². The third-order valence-corrected chi connectivity index (χ3v) is 4.90. The van der Waals surface area contributed by atoms with E-state index >= 15 is 0 Å². The summed E-state index contributed by atoms with van der Waals surface area (Å²) in [5.74, 6) is 0.297. The standard InChI is InChI=1S/C21H27N3O2/c1-2-18(10-15-6-4-3-5-7-15)24-21(26)23-14-19-11-16-8-9-20(25)12-17(16)13-22-19/h3-9,12,18-19,22,25H,2,10-11,13-14H2,1H3,(H2,23,24,26). The molecule has 5 nitrogen and oxygen atoms in total. The van der Waals surface area contributed by atoms with Gasteiger partial charge in [0.15, 0.2) is 0 Å². The van der Waals surface area contributed by atoms with E-state index in [1.807, 2.05) is 24.3 Å². The number of fused-ring (bicyclic) bond motifs is 1. The number of amides is 2. The summed E-state index contributed by atoms with van der Waals surface area (Å²) in [6.45, 7) is 3.38. The molecule has 0 saturated carbocycles. The van der Waals surface area contributed by atoms with E-state index in [1.165, 1.54) is 11.1 Å². The van der Waals surface area contributed by atoms with E-state index in [0.717, 1.165) is 24.8 Å². The number of nitrogens with one attached hydrogen (secondary N) is 3. The number of aromatic hydroxyl groups is 1. The molecule has 2 aromatic carbocycles. The van der Waals surface area contributed by atoms with Gasteiger partial charge in [-0.05, 0) is 48.1 Å². The van der Waals surface area contributed by atoms with Gasteiger partial charge in [-0.15, -0.1) is 0 Å². The molecular weight excluding hydrogens is 326 g/mol. The van der Waals surface area contributed by atoms with Crippen LogP contribution in [0.1, 0.15) is 30.0 Å². The number of rotatable bonds is 6. The second kappa shape index (κ2) is 8.72. The summed E-state index contributed by atoms with van der Waals surface area (Å²) in [6.07, 6.45) is 2.57. The maximum Gasteiger partial charge on any atom is 0.315 e. The molecule has 2 amide bonds. The minimum atomic E-state index is -0.119. The summed E-state index contributed by atoms with van der Waals surface area (Å²) in [4.78, 5) is 12.3. The maximum absolute atomic E-state index is 12.3. The Morgan fingerprint density at radius 3 is 2.81 bits per heavy atom. The predicted octanol–water partition coefficient (Wildman–Crippen LogP) is 2.73. The van der Waals surface area contributed by atoms with Crippen LogP contribution in [0.25, 0.3) is 0 Å². The molecule has 3 rings (SSSR count). The number of carbonyl (C=O) groups is 1. The van der Waals surface area contributed by atoms with Gasteiger partial charge >= 0.3 is 6.03 Å². The monoisotopic (exact) mass is 353 g/mol. The Bertz CT molecular complexity index is 733. The molecule has 2 atom stereocenters. The second-order valence-electron chi connectivity index (χ2n) is 6.88. The van der Waals surface area contributed by atoms with Crippen molar-refractivity contribution in [2.45, 2.75) is 44.8 Å². The van der Waals surface area contributed by atoms with Crippen LogP contribution < -0.4 is 16.0 Å². The largest absolute Gasteiger partial charge is 0.508 e. The topological polar surface area (TPSA) is 73.4 Å². The van der Waals surface area contributed by atoms with Crippen LogP contribution in [-0.2, 0) is 19.4 Å². The van der Waals surface area contributed by atoms with Gasteiger partial charge in [-0.1, -0.05) is 43.3 Å². The van der Waals surface area contributed by atoms with Crippen LogP contribution in [0.2, 0.25) is 0 Å². The Morgan fingerprint density at radius 2 is 2.04 bits per heavy atom. The van der Waals surface area contributed by atoms with Gasteiger partial charge in [0.25, 0.3) is 0 Å². The molecule has 1 heterocycles. The lowest BCUT2D eigenvalue weighted by Gasteiger charge is -2.27. The highest BCUT2D eigenvalue weighted by molar-refractivity contribution is 5.74. The number of hydrogen-bond donors (Lipinski definition) is 4. The molecule has 1 aliphatic heterocycles. The average Bonchev–Trinajstić information content (AvgIpc) is 2.66. The average molecular weight is 353 g/mol. The summed E-state index contributed by atoms with van der Waals surface area (Å²) in [5.41, 5.74) is 3.58. The lowest BCUT2D eigenvalue weighted by Crippen LogP contribution is -2.49. The molecule has 0 radical (unpaired) electrons. The highest BCUT2D eigenvalue weighted by Gasteiger charge is 2.19. The van der Waals surface area contributed by atoms with Crippen molar-refractivity contribution in [1.29, 1.82) is 0 Å². The van der Waals surface area contributed by atoms with Gasteiger partial charge in [-0.3, -0.25) is 0 Å². The summed E-state index contributed by atoms with van der Waals surface area (Å²) >= 11 is 0. The van der Waals surface area contributed by atoms with E-state index in [4.69, 9.17) is 0 Å². The van der Waals surface area contributed by atoms with Crippen molar-refractivity contribution in [3.63, 3.8) is 0 Å². The normalized spacial score (nSPS) is 17.2. The first-order chi connectivity index (χ1) is 12.6. The lowest BCUT2D eigenvalue weighted by molar-refractivity contribution is 0.234. The van der Waals surface area contributed by atoms with Crippen LogP contribution in [0.5, 0.6) is 5.75 Å². The molecule has 0 aliphatic carbocycles.